The Kier molecular flexibility index (Phi) is 4.08. The number of nitrogens with two attached hydrogens (primary N) is 1. The molecule has 0 aliphatic carbocycles. The number of rotatable bonds is 5. The van der Waals surface area contributed by atoms with Gasteiger partial charge in [0.2, 0.25) is 0 Å². The molecule has 3 nitrogen and oxygen atoms in total. The molecule has 0 bridgehead atoms. The van der Waals surface area contributed by atoms with Crippen molar-refractivity contribution < 1.29 is 0 Å². The Labute approximate surface area is 129 Å². The number of benzene rings is 1. The number of aryl methyl sites for hydroxylation is 2. The van der Waals surface area contributed by atoms with Crippen LogP contribution in [0, 0.1) is 6.92 Å². The minimum atomic E-state index is 0.0242. The molecule has 3 rings (SSSR count). The predicted octanol–water partition coefficient (Wildman–Crippen LogP) is 4.06. The first-order valence-corrected chi connectivity index (χ1v) is 8.26. The molecule has 1 aromatic carbocycles. The third-order valence-corrected chi connectivity index (χ3v) is 4.84. The fourth-order valence-electron chi connectivity index (χ4n) is 2.70. The van der Waals surface area contributed by atoms with Gasteiger partial charge in [0.25, 0.3) is 0 Å². The maximum Gasteiger partial charge on any atom is 0.111 e. The van der Waals surface area contributed by atoms with Crippen molar-refractivity contribution in [2.24, 2.45) is 5.73 Å². The zero-order chi connectivity index (χ0) is 14.8. The molecule has 0 spiro atoms. The number of hydrogen-bond acceptors (Lipinski definition) is 3. The van der Waals surface area contributed by atoms with Crippen molar-refractivity contribution in [2.45, 2.75) is 39.3 Å². The van der Waals surface area contributed by atoms with Gasteiger partial charge in [-0.1, -0.05) is 19.1 Å². The minimum Gasteiger partial charge on any atom is -0.328 e. The first-order valence-electron chi connectivity index (χ1n) is 7.45. The number of aromatic nitrogens is 2. The van der Waals surface area contributed by atoms with Crippen molar-refractivity contribution in [3.63, 3.8) is 0 Å². The molecule has 0 fully saturated rings. The number of nitrogens with zero attached hydrogens (tertiary/aromatic N) is 2. The number of fused-ring (bicyclic) bond motifs is 1. The fraction of sp³-hybridized carbons (Fsp3) is 0.353. The molecular weight excluding hydrogens is 278 g/mol. The molecular formula is C17H21N3S. The van der Waals surface area contributed by atoms with Gasteiger partial charge in [0.15, 0.2) is 0 Å². The van der Waals surface area contributed by atoms with E-state index in [9.17, 15) is 0 Å². The molecule has 0 aliphatic rings. The van der Waals surface area contributed by atoms with Gasteiger partial charge in [0.05, 0.1) is 11.0 Å². The van der Waals surface area contributed by atoms with Crippen LogP contribution in [0.3, 0.4) is 0 Å². The number of thiophene rings is 1. The van der Waals surface area contributed by atoms with Crippen LogP contribution < -0.4 is 5.73 Å². The van der Waals surface area contributed by atoms with E-state index in [-0.39, 0.29) is 6.04 Å². The summed E-state index contributed by atoms with van der Waals surface area (Å²) in [7, 11) is 0. The zero-order valence-corrected chi connectivity index (χ0v) is 13.4. The minimum absolute atomic E-state index is 0.0242. The van der Waals surface area contributed by atoms with Crippen molar-refractivity contribution in [3.8, 4) is 0 Å². The van der Waals surface area contributed by atoms with Crippen LogP contribution in [0.4, 0.5) is 0 Å². The lowest BCUT2D eigenvalue weighted by Gasteiger charge is -2.12. The Morgan fingerprint density at radius 3 is 2.76 bits per heavy atom. The lowest BCUT2D eigenvalue weighted by molar-refractivity contribution is 0.614. The monoisotopic (exact) mass is 299 g/mol. The lowest BCUT2D eigenvalue weighted by atomic mass is 10.2. The Hall–Kier alpha value is -1.65. The summed E-state index contributed by atoms with van der Waals surface area (Å²) in [6, 6.07) is 12.6. The van der Waals surface area contributed by atoms with Gasteiger partial charge >= 0.3 is 0 Å². The molecule has 21 heavy (non-hydrogen) atoms. The molecule has 0 saturated carbocycles. The maximum atomic E-state index is 6.38. The van der Waals surface area contributed by atoms with E-state index in [0.29, 0.717) is 0 Å². The van der Waals surface area contributed by atoms with Crippen molar-refractivity contribution in [2.75, 3.05) is 0 Å². The van der Waals surface area contributed by atoms with Crippen molar-refractivity contribution in [1.29, 1.82) is 0 Å². The summed E-state index contributed by atoms with van der Waals surface area (Å²) in [5.74, 6) is 1.09. The van der Waals surface area contributed by atoms with Gasteiger partial charge in [-0.2, -0.15) is 0 Å². The van der Waals surface area contributed by atoms with Crippen LogP contribution in [-0.2, 0) is 13.0 Å². The second kappa shape index (κ2) is 6.00. The van der Waals surface area contributed by atoms with Crippen LogP contribution in [0.25, 0.3) is 11.0 Å². The van der Waals surface area contributed by atoms with Crippen LogP contribution in [-0.4, -0.2) is 9.55 Å². The van der Waals surface area contributed by atoms with Crippen LogP contribution >= 0.6 is 11.3 Å². The second-order valence-corrected chi connectivity index (χ2v) is 6.75. The van der Waals surface area contributed by atoms with Gasteiger partial charge in [0.1, 0.15) is 5.82 Å². The molecule has 0 saturated heterocycles. The molecule has 2 N–H and O–H groups in total. The Balaban J connectivity index is 1.94. The molecule has 4 heteroatoms. The zero-order valence-electron chi connectivity index (χ0n) is 12.5. The molecule has 1 atom stereocenters. The van der Waals surface area contributed by atoms with E-state index in [1.807, 2.05) is 6.07 Å². The van der Waals surface area contributed by atoms with E-state index >= 15 is 0 Å². The highest BCUT2D eigenvalue weighted by atomic mass is 32.1. The van der Waals surface area contributed by atoms with Gasteiger partial charge < -0.3 is 10.3 Å². The quantitative estimate of drug-likeness (QED) is 0.772. The molecule has 0 aliphatic heterocycles. The van der Waals surface area contributed by atoms with E-state index in [2.05, 4.69) is 48.7 Å². The predicted molar refractivity (Wildman–Crippen MR) is 89.7 cm³/mol. The van der Waals surface area contributed by atoms with Gasteiger partial charge in [-0.05, 0) is 37.6 Å². The Morgan fingerprint density at radius 2 is 2.05 bits per heavy atom. The fourth-order valence-corrected chi connectivity index (χ4v) is 3.58. The summed E-state index contributed by atoms with van der Waals surface area (Å²) in [6.45, 7) is 5.31. The second-order valence-electron chi connectivity index (χ2n) is 5.43. The van der Waals surface area contributed by atoms with Crippen LogP contribution in [0.2, 0.25) is 0 Å². The average Bonchev–Trinajstić information content (AvgIpc) is 3.04. The molecule has 1 unspecified atom stereocenters. The number of para-hydroxylation sites is 2. The third kappa shape index (κ3) is 2.87. The topological polar surface area (TPSA) is 43.8 Å². The summed E-state index contributed by atoms with van der Waals surface area (Å²) in [4.78, 5) is 7.34. The number of hydrogen-bond donors (Lipinski definition) is 1. The molecule has 110 valence electrons. The highest BCUT2D eigenvalue weighted by Crippen LogP contribution is 2.25. The van der Waals surface area contributed by atoms with E-state index < -0.39 is 0 Å². The highest BCUT2D eigenvalue weighted by molar-refractivity contribution is 7.12. The summed E-state index contributed by atoms with van der Waals surface area (Å²) < 4.78 is 2.32. The molecule has 3 aromatic rings. The summed E-state index contributed by atoms with van der Waals surface area (Å²) in [6.07, 6.45) is 1.88. The molecule has 2 heterocycles. The van der Waals surface area contributed by atoms with Crippen LogP contribution in [0.1, 0.15) is 35.0 Å². The van der Waals surface area contributed by atoms with Crippen LogP contribution in [0.15, 0.2) is 36.4 Å². The summed E-state index contributed by atoms with van der Waals surface area (Å²) >= 11 is 1.78. The van der Waals surface area contributed by atoms with Crippen molar-refractivity contribution >= 4 is 22.4 Å². The van der Waals surface area contributed by atoms with Gasteiger partial charge in [0, 0.05) is 28.8 Å². The van der Waals surface area contributed by atoms with E-state index in [1.54, 1.807) is 11.3 Å². The SMILES string of the molecule is CCCn1c(CC(N)c2ccc(C)s2)nc2ccccc21. The highest BCUT2D eigenvalue weighted by Gasteiger charge is 2.15. The van der Waals surface area contributed by atoms with Crippen LogP contribution in [0.5, 0.6) is 0 Å². The molecule has 2 aromatic heterocycles. The van der Waals surface area contributed by atoms with E-state index in [0.717, 1.165) is 30.7 Å². The average molecular weight is 299 g/mol. The Morgan fingerprint density at radius 1 is 1.24 bits per heavy atom. The van der Waals surface area contributed by atoms with E-state index in [4.69, 9.17) is 10.7 Å². The van der Waals surface area contributed by atoms with Crippen molar-refractivity contribution in [3.05, 3.63) is 52.0 Å². The van der Waals surface area contributed by atoms with Gasteiger partial charge in [-0.25, -0.2) is 4.98 Å². The molecule has 0 radical (unpaired) electrons. The number of imidazole rings is 1. The van der Waals surface area contributed by atoms with Gasteiger partial charge in [-0.3, -0.25) is 0 Å². The lowest BCUT2D eigenvalue weighted by Crippen LogP contribution is -2.15. The summed E-state index contributed by atoms with van der Waals surface area (Å²) in [5.41, 5.74) is 8.66. The molecule has 0 amide bonds. The normalized spacial score (nSPS) is 12.9. The standard InChI is InChI=1S/C17H21N3S/c1-3-10-20-15-7-5-4-6-14(15)19-17(20)11-13(18)16-9-8-12(2)21-16/h4-9,13H,3,10-11,18H2,1-2H3. The largest absolute Gasteiger partial charge is 0.328 e. The van der Waals surface area contributed by atoms with Crippen molar-refractivity contribution in [1.82, 2.24) is 9.55 Å². The summed E-state index contributed by atoms with van der Waals surface area (Å²) in [5, 5.41) is 0. The smallest absolute Gasteiger partial charge is 0.111 e. The maximum absolute atomic E-state index is 6.38. The first-order chi connectivity index (χ1) is 10.2. The Bertz CT molecular complexity index is 741. The van der Waals surface area contributed by atoms with E-state index in [1.165, 1.54) is 15.3 Å². The third-order valence-electron chi connectivity index (χ3n) is 3.71. The van der Waals surface area contributed by atoms with Gasteiger partial charge in [-0.15, -0.1) is 11.3 Å². The first kappa shape index (κ1) is 14.3.